The summed E-state index contributed by atoms with van der Waals surface area (Å²) in [6.07, 6.45) is -0.673. The molecule has 174 valence electrons. The van der Waals surface area contributed by atoms with Crippen molar-refractivity contribution in [3.63, 3.8) is 0 Å². The quantitative estimate of drug-likeness (QED) is 0.702. The third kappa shape index (κ3) is 5.73. The molecular formula is C20H21F3N2O5S2. The molecule has 12 heteroatoms. The number of pyridine rings is 1. The summed E-state index contributed by atoms with van der Waals surface area (Å²) < 4.78 is 64.8. The van der Waals surface area contributed by atoms with Crippen LogP contribution in [0.4, 0.5) is 13.2 Å². The van der Waals surface area contributed by atoms with Crippen molar-refractivity contribution in [2.45, 2.75) is 35.3 Å². The van der Waals surface area contributed by atoms with Crippen LogP contribution in [0.5, 0.6) is 5.75 Å². The Morgan fingerprint density at radius 1 is 1.28 bits per heavy atom. The molecule has 2 aliphatic heterocycles. The summed E-state index contributed by atoms with van der Waals surface area (Å²) in [6, 6.07) is 10.9. The van der Waals surface area contributed by atoms with Crippen LogP contribution < -0.4 is 4.74 Å². The van der Waals surface area contributed by atoms with Gasteiger partial charge in [0.15, 0.2) is 0 Å². The first-order valence-corrected chi connectivity index (χ1v) is 11.9. The highest BCUT2D eigenvalue weighted by molar-refractivity contribution is 8.01. The molecule has 1 spiro atoms. The first kappa shape index (κ1) is 24.3. The van der Waals surface area contributed by atoms with Crippen molar-refractivity contribution in [2.24, 2.45) is 0 Å². The fourth-order valence-electron chi connectivity index (χ4n) is 3.40. The molecule has 32 heavy (non-hydrogen) atoms. The molecule has 4 rings (SSSR count). The van der Waals surface area contributed by atoms with E-state index in [0.717, 1.165) is 23.5 Å². The van der Waals surface area contributed by atoms with Gasteiger partial charge in [0.1, 0.15) is 11.9 Å². The van der Waals surface area contributed by atoms with Crippen molar-refractivity contribution in [1.29, 1.82) is 0 Å². The van der Waals surface area contributed by atoms with E-state index in [-0.39, 0.29) is 10.9 Å². The van der Waals surface area contributed by atoms with Crippen molar-refractivity contribution in [2.75, 3.05) is 18.8 Å². The van der Waals surface area contributed by atoms with Crippen LogP contribution in [0.2, 0.25) is 0 Å². The van der Waals surface area contributed by atoms with Crippen LogP contribution in [0.3, 0.4) is 0 Å². The Hall–Kier alpha value is -2.31. The lowest BCUT2D eigenvalue weighted by atomic mass is 9.95. The molecule has 7 nitrogen and oxygen atoms in total. The van der Waals surface area contributed by atoms with Crippen molar-refractivity contribution in [1.82, 2.24) is 9.29 Å². The normalized spacial score (nSPS) is 20.2. The molecule has 0 saturated carbocycles. The van der Waals surface area contributed by atoms with Crippen molar-refractivity contribution < 1.29 is 36.2 Å². The van der Waals surface area contributed by atoms with Gasteiger partial charge in [-0.25, -0.2) is 13.2 Å². The van der Waals surface area contributed by atoms with Crippen LogP contribution in [0, 0.1) is 6.92 Å². The predicted molar refractivity (Wildman–Crippen MR) is 112 cm³/mol. The molecule has 1 aromatic carbocycles. The van der Waals surface area contributed by atoms with Gasteiger partial charge in [0.25, 0.3) is 0 Å². The van der Waals surface area contributed by atoms with Gasteiger partial charge in [0.05, 0.1) is 11.1 Å². The number of aliphatic carboxylic acids is 1. The maximum atomic E-state index is 12.8. The second kappa shape index (κ2) is 9.28. The van der Waals surface area contributed by atoms with Gasteiger partial charge >= 0.3 is 12.1 Å². The van der Waals surface area contributed by atoms with Crippen molar-refractivity contribution >= 4 is 27.8 Å². The van der Waals surface area contributed by atoms with E-state index >= 15 is 0 Å². The number of carbonyl (C=O) groups is 1. The summed E-state index contributed by atoms with van der Waals surface area (Å²) in [5.41, 5.74) is 0.955. The average Bonchev–Trinajstić information content (AvgIpc) is 3.12. The highest BCUT2D eigenvalue weighted by Crippen LogP contribution is 2.47. The number of thioether (sulfide) groups is 1. The van der Waals surface area contributed by atoms with Gasteiger partial charge in [0.2, 0.25) is 10.0 Å². The standard InChI is InChI=1S/C18H20N2O3S2.C2HF3O2/c1-14-4-2-6-17(8-14)25(21,22)20-12-18(13-20)9-16(11-24-18)23-15-5-3-7-19-10-15;3-2(4,5)1(6)7/h2-8,10,16H,9,11-13H2,1H3;(H,6,7). The number of benzene rings is 1. The summed E-state index contributed by atoms with van der Waals surface area (Å²) in [5.74, 6) is -1.10. The Bertz CT molecular complexity index is 1060. The van der Waals surface area contributed by atoms with Crippen LogP contribution >= 0.6 is 11.8 Å². The molecule has 3 heterocycles. The Kier molecular flexibility index (Phi) is 7.06. The molecule has 0 aliphatic carbocycles. The molecule has 0 radical (unpaired) electrons. The Morgan fingerprint density at radius 3 is 2.53 bits per heavy atom. The number of alkyl halides is 3. The van der Waals surface area contributed by atoms with Gasteiger partial charge in [-0.3, -0.25) is 4.98 Å². The number of aryl methyl sites for hydroxylation is 1. The Labute approximate surface area is 187 Å². The number of aromatic nitrogens is 1. The number of halogens is 3. The summed E-state index contributed by atoms with van der Waals surface area (Å²) in [7, 11) is -3.40. The maximum absolute atomic E-state index is 12.8. The highest BCUT2D eigenvalue weighted by atomic mass is 32.2. The zero-order valence-electron chi connectivity index (χ0n) is 16.9. The monoisotopic (exact) mass is 490 g/mol. The third-order valence-corrected chi connectivity index (χ3v) is 8.27. The highest BCUT2D eigenvalue weighted by Gasteiger charge is 2.53. The van der Waals surface area contributed by atoms with Gasteiger partial charge in [-0.15, -0.1) is 11.8 Å². The number of nitrogens with zero attached hydrogens (tertiary/aromatic N) is 2. The fraction of sp³-hybridized carbons (Fsp3) is 0.400. The molecule has 0 amide bonds. The van der Waals surface area contributed by atoms with Crippen LogP contribution in [-0.2, 0) is 14.8 Å². The summed E-state index contributed by atoms with van der Waals surface area (Å²) in [4.78, 5) is 13.3. The van der Waals surface area contributed by atoms with Gasteiger partial charge in [-0.05, 0) is 36.8 Å². The number of sulfonamides is 1. The number of rotatable bonds is 4. The fourth-order valence-corrected chi connectivity index (χ4v) is 6.80. The number of ether oxygens (including phenoxy) is 1. The predicted octanol–water partition coefficient (Wildman–Crippen LogP) is 3.35. The summed E-state index contributed by atoms with van der Waals surface area (Å²) >= 11 is 1.83. The third-order valence-electron chi connectivity index (χ3n) is 4.91. The first-order valence-electron chi connectivity index (χ1n) is 9.49. The van der Waals surface area contributed by atoms with Gasteiger partial charge in [0, 0.05) is 36.2 Å². The van der Waals surface area contributed by atoms with E-state index in [4.69, 9.17) is 14.6 Å². The molecule has 2 saturated heterocycles. The SMILES string of the molecule is Cc1cccc(S(=O)(=O)N2CC3(CC(Oc4cccnc4)CS3)C2)c1.O=C(O)C(F)(F)F. The maximum Gasteiger partial charge on any atom is 0.490 e. The number of carboxylic acid groups (broad SMARTS) is 1. The van der Waals surface area contributed by atoms with Gasteiger partial charge in [-0.1, -0.05) is 12.1 Å². The van der Waals surface area contributed by atoms with E-state index in [1.807, 2.05) is 36.9 Å². The molecule has 0 bridgehead atoms. The minimum Gasteiger partial charge on any atom is -0.488 e. The van der Waals surface area contributed by atoms with Gasteiger partial charge in [-0.2, -0.15) is 17.5 Å². The van der Waals surface area contributed by atoms with E-state index in [0.29, 0.717) is 18.0 Å². The van der Waals surface area contributed by atoms with Crippen LogP contribution in [0.1, 0.15) is 12.0 Å². The molecular weight excluding hydrogens is 469 g/mol. The molecule has 1 atom stereocenters. The second-order valence-corrected chi connectivity index (χ2v) is 10.9. The van der Waals surface area contributed by atoms with Crippen molar-refractivity contribution in [3.8, 4) is 5.75 Å². The lowest BCUT2D eigenvalue weighted by Crippen LogP contribution is -2.60. The average molecular weight is 491 g/mol. The van der Waals surface area contributed by atoms with E-state index in [1.54, 1.807) is 34.9 Å². The van der Waals surface area contributed by atoms with Crippen LogP contribution in [-0.4, -0.2) is 64.7 Å². The molecule has 2 aliphatic rings. The molecule has 1 N–H and O–H groups in total. The number of carboxylic acids is 1. The number of hydrogen-bond acceptors (Lipinski definition) is 6. The molecule has 2 aromatic rings. The van der Waals surface area contributed by atoms with Crippen LogP contribution in [0.25, 0.3) is 0 Å². The summed E-state index contributed by atoms with van der Waals surface area (Å²) in [5, 5.41) is 7.12. The van der Waals surface area contributed by atoms with Crippen molar-refractivity contribution in [3.05, 3.63) is 54.4 Å². The topological polar surface area (TPSA) is 96.8 Å². The van der Waals surface area contributed by atoms with E-state index in [2.05, 4.69) is 4.98 Å². The lowest BCUT2D eigenvalue weighted by Gasteiger charge is -2.46. The van der Waals surface area contributed by atoms with E-state index in [9.17, 15) is 21.6 Å². The van der Waals surface area contributed by atoms with E-state index in [1.165, 1.54) is 0 Å². The molecule has 2 fully saturated rings. The summed E-state index contributed by atoms with van der Waals surface area (Å²) in [6.45, 7) is 3.02. The van der Waals surface area contributed by atoms with Crippen LogP contribution in [0.15, 0.2) is 53.7 Å². The molecule has 1 unspecified atom stereocenters. The number of hydrogen-bond donors (Lipinski definition) is 1. The minimum atomic E-state index is -5.08. The molecule has 1 aromatic heterocycles. The lowest BCUT2D eigenvalue weighted by molar-refractivity contribution is -0.192. The second-order valence-electron chi connectivity index (χ2n) is 7.52. The Balaban J connectivity index is 0.000000360. The minimum absolute atomic E-state index is 0.0101. The Morgan fingerprint density at radius 2 is 1.97 bits per heavy atom. The zero-order chi connectivity index (χ0) is 23.6. The van der Waals surface area contributed by atoms with E-state index < -0.39 is 22.2 Å². The largest absolute Gasteiger partial charge is 0.490 e. The van der Waals surface area contributed by atoms with Gasteiger partial charge < -0.3 is 9.84 Å². The first-order chi connectivity index (χ1) is 14.9. The smallest absolute Gasteiger partial charge is 0.488 e. The zero-order valence-corrected chi connectivity index (χ0v) is 18.6.